The normalized spacial score (nSPS) is 12.6. The molecule has 2 rings (SSSR count). The summed E-state index contributed by atoms with van der Waals surface area (Å²) < 4.78 is 0. The van der Waals surface area contributed by atoms with Crippen molar-refractivity contribution in [2.75, 3.05) is 12.0 Å². The van der Waals surface area contributed by atoms with Crippen LogP contribution in [-0.2, 0) is 6.54 Å². The monoisotopic (exact) mass is 277 g/mol. The van der Waals surface area contributed by atoms with Crippen LogP contribution >= 0.6 is 23.1 Å². The quantitative estimate of drug-likeness (QED) is 0.847. The molecule has 1 nitrogen and oxygen atoms in total. The van der Waals surface area contributed by atoms with E-state index in [9.17, 15) is 0 Å². The zero-order valence-electron chi connectivity index (χ0n) is 10.8. The van der Waals surface area contributed by atoms with Gasteiger partial charge in [0.15, 0.2) is 0 Å². The SMILES string of the molecule is CSCC(C)NCc1cc(-c2ccccc2)cs1. The molecule has 96 valence electrons. The Kier molecular flexibility index (Phi) is 5.29. The first kappa shape index (κ1) is 13.7. The molecule has 0 saturated heterocycles. The van der Waals surface area contributed by atoms with Crippen LogP contribution in [0, 0.1) is 0 Å². The summed E-state index contributed by atoms with van der Waals surface area (Å²) in [7, 11) is 0. The fourth-order valence-electron chi connectivity index (χ4n) is 1.84. The maximum Gasteiger partial charge on any atom is 0.0302 e. The molecule has 0 spiro atoms. The molecule has 0 aliphatic heterocycles. The van der Waals surface area contributed by atoms with Gasteiger partial charge >= 0.3 is 0 Å². The summed E-state index contributed by atoms with van der Waals surface area (Å²) in [6, 6.07) is 13.4. The van der Waals surface area contributed by atoms with Crippen molar-refractivity contribution < 1.29 is 0 Å². The summed E-state index contributed by atoms with van der Waals surface area (Å²) in [6.45, 7) is 3.21. The van der Waals surface area contributed by atoms with E-state index in [1.165, 1.54) is 16.0 Å². The molecular formula is C15H19NS2. The molecule has 0 radical (unpaired) electrons. The molecule has 0 aliphatic carbocycles. The summed E-state index contributed by atoms with van der Waals surface area (Å²) in [4.78, 5) is 1.40. The maximum atomic E-state index is 3.55. The van der Waals surface area contributed by atoms with Gasteiger partial charge in [-0.15, -0.1) is 11.3 Å². The van der Waals surface area contributed by atoms with Crippen molar-refractivity contribution in [1.82, 2.24) is 5.32 Å². The lowest BCUT2D eigenvalue weighted by Crippen LogP contribution is -2.27. The van der Waals surface area contributed by atoms with E-state index in [4.69, 9.17) is 0 Å². The van der Waals surface area contributed by atoms with Gasteiger partial charge in [0.2, 0.25) is 0 Å². The molecule has 1 heterocycles. The first-order valence-corrected chi connectivity index (χ1v) is 8.42. The average molecular weight is 277 g/mol. The summed E-state index contributed by atoms with van der Waals surface area (Å²) in [6.07, 6.45) is 2.15. The third-order valence-corrected chi connectivity index (χ3v) is 4.57. The van der Waals surface area contributed by atoms with E-state index in [0.717, 1.165) is 12.3 Å². The number of nitrogens with one attached hydrogen (secondary N) is 1. The van der Waals surface area contributed by atoms with Crippen LogP contribution in [0.25, 0.3) is 11.1 Å². The Morgan fingerprint density at radius 3 is 2.72 bits per heavy atom. The number of benzene rings is 1. The lowest BCUT2D eigenvalue weighted by molar-refractivity contribution is 0.601. The minimum atomic E-state index is 0.572. The van der Waals surface area contributed by atoms with Crippen LogP contribution in [-0.4, -0.2) is 18.1 Å². The predicted molar refractivity (Wildman–Crippen MR) is 84.4 cm³/mol. The van der Waals surface area contributed by atoms with Gasteiger partial charge in [-0.2, -0.15) is 11.8 Å². The van der Waals surface area contributed by atoms with Crippen molar-refractivity contribution in [3.8, 4) is 11.1 Å². The summed E-state index contributed by atoms with van der Waals surface area (Å²) >= 11 is 3.72. The lowest BCUT2D eigenvalue weighted by Gasteiger charge is -2.10. The van der Waals surface area contributed by atoms with Crippen molar-refractivity contribution in [3.63, 3.8) is 0 Å². The number of thiophene rings is 1. The standard InChI is InChI=1S/C15H19NS2/c1-12(10-17-2)16-9-15-8-14(11-18-15)13-6-4-3-5-7-13/h3-8,11-12,16H,9-10H2,1-2H3. The Labute approximate surface area is 118 Å². The smallest absolute Gasteiger partial charge is 0.0302 e. The second kappa shape index (κ2) is 6.98. The summed E-state index contributed by atoms with van der Waals surface area (Å²) in [5.41, 5.74) is 2.63. The van der Waals surface area contributed by atoms with E-state index in [1.54, 1.807) is 0 Å². The Morgan fingerprint density at radius 1 is 1.22 bits per heavy atom. The Balaban J connectivity index is 1.95. The third-order valence-electron chi connectivity index (χ3n) is 2.80. The van der Waals surface area contributed by atoms with Gasteiger partial charge in [0, 0.05) is 23.2 Å². The fraction of sp³-hybridized carbons (Fsp3) is 0.333. The van der Waals surface area contributed by atoms with E-state index in [1.807, 2.05) is 23.1 Å². The zero-order chi connectivity index (χ0) is 12.8. The van der Waals surface area contributed by atoms with Crippen molar-refractivity contribution in [3.05, 3.63) is 46.7 Å². The highest BCUT2D eigenvalue weighted by molar-refractivity contribution is 7.98. The molecule has 0 bridgehead atoms. The highest BCUT2D eigenvalue weighted by atomic mass is 32.2. The third kappa shape index (κ3) is 3.87. The second-order valence-electron chi connectivity index (χ2n) is 4.41. The van der Waals surface area contributed by atoms with Crippen molar-refractivity contribution in [2.24, 2.45) is 0 Å². The molecule has 1 aromatic heterocycles. The second-order valence-corrected chi connectivity index (χ2v) is 6.31. The Bertz CT molecular complexity index is 464. The van der Waals surface area contributed by atoms with Gasteiger partial charge < -0.3 is 5.32 Å². The van der Waals surface area contributed by atoms with Crippen LogP contribution in [0.1, 0.15) is 11.8 Å². The van der Waals surface area contributed by atoms with Gasteiger partial charge in [-0.05, 0) is 35.8 Å². The topological polar surface area (TPSA) is 12.0 Å². The molecule has 3 heteroatoms. The first-order chi connectivity index (χ1) is 8.79. The van der Waals surface area contributed by atoms with E-state index in [0.29, 0.717) is 6.04 Å². The largest absolute Gasteiger partial charge is 0.309 e. The molecule has 0 amide bonds. The van der Waals surface area contributed by atoms with Crippen molar-refractivity contribution in [1.29, 1.82) is 0 Å². The average Bonchev–Trinajstić information content (AvgIpc) is 2.87. The minimum Gasteiger partial charge on any atom is -0.309 e. The maximum absolute atomic E-state index is 3.55. The van der Waals surface area contributed by atoms with Crippen LogP contribution in [0.3, 0.4) is 0 Å². The van der Waals surface area contributed by atoms with E-state index in [-0.39, 0.29) is 0 Å². The molecule has 1 atom stereocenters. The molecule has 1 N–H and O–H groups in total. The highest BCUT2D eigenvalue weighted by Gasteiger charge is 2.04. The predicted octanol–water partition coefficient (Wildman–Crippen LogP) is 4.26. The minimum absolute atomic E-state index is 0.572. The van der Waals surface area contributed by atoms with E-state index in [2.05, 4.69) is 60.3 Å². The van der Waals surface area contributed by atoms with E-state index >= 15 is 0 Å². The summed E-state index contributed by atoms with van der Waals surface area (Å²) in [5.74, 6) is 1.16. The number of hydrogen-bond donors (Lipinski definition) is 1. The summed E-state index contributed by atoms with van der Waals surface area (Å²) in [5, 5.41) is 5.80. The van der Waals surface area contributed by atoms with Crippen LogP contribution in [0.4, 0.5) is 0 Å². The van der Waals surface area contributed by atoms with Gasteiger partial charge in [-0.3, -0.25) is 0 Å². The lowest BCUT2D eigenvalue weighted by atomic mass is 10.1. The van der Waals surface area contributed by atoms with Gasteiger partial charge in [0.25, 0.3) is 0 Å². The zero-order valence-corrected chi connectivity index (χ0v) is 12.5. The van der Waals surface area contributed by atoms with Crippen LogP contribution < -0.4 is 5.32 Å². The number of hydrogen-bond acceptors (Lipinski definition) is 3. The Hall–Kier alpha value is -0.770. The Morgan fingerprint density at radius 2 is 2.00 bits per heavy atom. The van der Waals surface area contributed by atoms with Crippen molar-refractivity contribution >= 4 is 23.1 Å². The molecule has 1 aromatic carbocycles. The highest BCUT2D eigenvalue weighted by Crippen LogP contribution is 2.25. The van der Waals surface area contributed by atoms with Gasteiger partial charge in [0.05, 0.1) is 0 Å². The molecule has 0 aliphatic rings. The van der Waals surface area contributed by atoms with Crippen LogP contribution in [0.15, 0.2) is 41.8 Å². The van der Waals surface area contributed by atoms with Crippen LogP contribution in [0.5, 0.6) is 0 Å². The van der Waals surface area contributed by atoms with Gasteiger partial charge in [-0.25, -0.2) is 0 Å². The van der Waals surface area contributed by atoms with Crippen molar-refractivity contribution in [2.45, 2.75) is 19.5 Å². The fourth-order valence-corrected chi connectivity index (χ4v) is 3.30. The first-order valence-electron chi connectivity index (χ1n) is 6.14. The molecule has 0 fully saturated rings. The van der Waals surface area contributed by atoms with E-state index < -0.39 is 0 Å². The number of rotatable bonds is 6. The van der Waals surface area contributed by atoms with Crippen LogP contribution in [0.2, 0.25) is 0 Å². The molecule has 0 saturated carbocycles. The van der Waals surface area contributed by atoms with Gasteiger partial charge in [0.1, 0.15) is 0 Å². The molecule has 1 unspecified atom stereocenters. The molecular weight excluding hydrogens is 258 g/mol. The number of thioether (sulfide) groups is 1. The molecule has 2 aromatic rings. The van der Waals surface area contributed by atoms with Gasteiger partial charge in [-0.1, -0.05) is 30.3 Å². The molecule has 18 heavy (non-hydrogen) atoms.